The molecule has 0 aromatic heterocycles. The maximum atomic E-state index is 11.1. The van der Waals surface area contributed by atoms with Crippen molar-refractivity contribution < 1.29 is 19.1 Å². The Balaban J connectivity index is 3.80. The summed E-state index contributed by atoms with van der Waals surface area (Å²) in [6, 6.07) is -0.659. The monoisotopic (exact) mass is 217 g/mol. The number of nitrogens with two attached hydrogens (primary N) is 1. The quantitative estimate of drug-likeness (QED) is 0.677. The van der Waals surface area contributed by atoms with E-state index in [9.17, 15) is 9.59 Å². The fourth-order valence-electron chi connectivity index (χ4n) is 0.706. The Kier molecular flexibility index (Phi) is 5.93. The molecule has 0 saturated heterocycles. The van der Waals surface area contributed by atoms with Crippen molar-refractivity contribution in [2.24, 2.45) is 11.7 Å². The second-order valence-corrected chi connectivity index (χ2v) is 3.82. The average Bonchev–Trinajstić information content (AvgIpc) is 2.13. The van der Waals surface area contributed by atoms with Gasteiger partial charge in [0.05, 0.1) is 5.92 Å². The first-order valence-corrected chi connectivity index (χ1v) is 4.97. The third kappa shape index (κ3) is 6.06. The molecule has 0 aliphatic rings. The van der Waals surface area contributed by atoms with E-state index in [-0.39, 0.29) is 18.5 Å². The maximum absolute atomic E-state index is 11.1. The lowest BCUT2D eigenvalue weighted by Crippen LogP contribution is -2.33. The molecule has 0 aromatic carbocycles. The number of carbonyl (C=O) groups is 2. The van der Waals surface area contributed by atoms with E-state index >= 15 is 0 Å². The number of hydrogen-bond donors (Lipinski definition) is 1. The van der Waals surface area contributed by atoms with Crippen LogP contribution < -0.4 is 5.73 Å². The third-order valence-electron chi connectivity index (χ3n) is 1.62. The molecule has 2 atom stereocenters. The van der Waals surface area contributed by atoms with E-state index in [0.29, 0.717) is 0 Å². The third-order valence-corrected chi connectivity index (χ3v) is 1.62. The largest absolute Gasteiger partial charge is 0.462 e. The minimum absolute atomic E-state index is 0.0650. The molecular weight excluding hydrogens is 198 g/mol. The van der Waals surface area contributed by atoms with Crippen molar-refractivity contribution in [1.29, 1.82) is 0 Å². The summed E-state index contributed by atoms with van der Waals surface area (Å²) < 4.78 is 9.79. The van der Waals surface area contributed by atoms with Crippen molar-refractivity contribution in [3.63, 3.8) is 0 Å². The number of rotatable bonds is 5. The topological polar surface area (TPSA) is 78.6 Å². The second-order valence-electron chi connectivity index (χ2n) is 3.82. The van der Waals surface area contributed by atoms with Gasteiger partial charge >= 0.3 is 11.9 Å². The smallest absolute Gasteiger partial charge is 0.323 e. The fraction of sp³-hybridized carbons (Fsp3) is 0.800. The zero-order valence-electron chi connectivity index (χ0n) is 9.65. The van der Waals surface area contributed by atoms with E-state index in [1.165, 1.54) is 6.92 Å². The van der Waals surface area contributed by atoms with Crippen molar-refractivity contribution >= 4 is 11.9 Å². The van der Waals surface area contributed by atoms with Gasteiger partial charge < -0.3 is 15.2 Å². The average molecular weight is 217 g/mol. The van der Waals surface area contributed by atoms with Crippen molar-refractivity contribution in [3.05, 3.63) is 0 Å². The number of ether oxygens (including phenoxy) is 2. The summed E-state index contributed by atoms with van der Waals surface area (Å²) in [5, 5.41) is 0. The minimum Gasteiger partial charge on any atom is -0.462 e. The summed E-state index contributed by atoms with van der Waals surface area (Å²) >= 11 is 0. The summed E-state index contributed by atoms with van der Waals surface area (Å²) in [7, 11) is 0. The molecule has 0 saturated carbocycles. The Morgan fingerprint density at radius 1 is 1.13 bits per heavy atom. The standard InChI is InChI=1S/C10H19NO4/c1-6(2)9(12)14-5-7(3)15-10(13)8(4)11/h6-8H,5,11H2,1-4H3/t7-,8-/m0/s1. The van der Waals surface area contributed by atoms with Gasteiger partial charge in [-0.1, -0.05) is 13.8 Å². The molecule has 15 heavy (non-hydrogen) atoms. The van der Waals surface area contributed by atoms with Crippen LogP contribution in [-0.2, 0) is 19.1 Å². The molecule has 0 aromatic rings. The predicted octanol–water partition coefficient (Wildman–Crippen LogP) is 0.465. The summed E-state index contributed by atoms with van der Waals surface area (Å²) in [5.74, 6) is -0.983. The van der Waals surface area contributed by atoms with Crippen LogP contribution in [0.1, 0.15) is 27.7 Å². The highest BCUT2D eigenvalue weighted by Crippen LogP contribution is 2.00. The summed E-state index contributed by atoms with van der Waals surface area (Å²) in [4.78, 5) is 22.1. The highest BCUT2D eigenvalue weighted by atomic mass is 16.6. The second kappa shape index (κ2) is 6.40. The van der Waals surface area contributed by atoms with Crippen LogP contribution >= 0.6 is 0 Å². The zero-order valence-corrected chi connectivity index (χ0v) is 9.65. The first-order valence-electron chi connectivity index (χ1n) is 4.97. The van der Waals surface area contributed by atoms with Crippen molar-refractivity contribution in [3.8, 4) is 0 Å². The summed E-state index contributed by atoms with van der Waals surface area (Å²) in [6.45, 7) is 6.72. The van der Waals surface area contributed by atoms with Gasteiger partial charge in [0, 0.05) is 0 Å². The highest BCUT2D eigenvalue weighted by Gasteiger charge is 2.16. The van der Waals surface area contributed by atoms with Gasteiger partial charge in [0.25, 0.3) is 0 Å². The van der Waals surface area contributed by atoms with Crippen LogP contribution in [0, 0.1) is 5.92 Å². The molecule has 0 heterocycles. The van der Waals surface area contributed by atoms with E-state index in [1.807, 2.05) is 0 Å². The van der Waals surface area contributed by atoms with Gasteiger partial charge in [-0.25, -0.2) is 0 Å². The van der Waals surface area contributed by atoms with Crippen molar-refractivity contribution in [1.82, 2.24) is 0 Å². The van der Waals surface area contributed by atoms with Crippen molar-refractivity contribution in [2.75, 3.05) is 6.61 Å². The first kappa shape index (κ1) is 13.9. The molecule has 0 aliphatic heterocycles. The first-order chi connectivity index (χ1) is 6.84. The molecule has 0 bridgehead atoms. The van der Waals surface area contributed by atoms with Gasteiger partial charge in [-0.05, 0) is 13.8 Å². The molecule has 0 spiro atoms. The van der Waals surface area contributed by atoms with Gasteiger partial charge in [-0.3, -0.25) is 9.59 Å². The molecule has 0 fully saturated rings. The number of esters is 2. The van der Waals surface area contributed by atoms with Gasteiger partial charge in [-0.2, -0.15) is 0 Å². The zero-order chi connectivity index (χ0) is 12.0. The Labute approximate surface area is 89.9 Å². The van der Waals surface area contributed by atoms with E-state index in [4.69, 9.17) is 15.2 Å². The van der Waals surface area contributed by atoms with Crippen LogP contribution in [0.2, 0.25) is 0 Å². The Bertz CT molecular complexity index is 225. The molecule has 5 heteroatoms. The normalized spacial score (nSPS) is 14.5. The molecule has 0 rings (SSSR count). The number of hydrogen-bond acceptors (Lipinski definition) is 5. The van der Waals surface area contributed by atoms with E-state index in [2.05, 4.69) is 0 Å². The fourth-order valence-corrected chi connectivity index (χ4v) is 0.706. The molecule has 0 amide bonds. The van der Waals surface area contributed by atoms with Gasteiger partial charge in [0.1, 0.15) is 18.8 Å². The van der Waals surface area contributed by atoms with Crippen LogP contribution in [0.5, 0.6) is 0 Å². The Hall–Kier alpha value is -1.10. The Morgan fingerprint density at radius 3 is 2.07 bits per heavy atom. The van der Waals surface area contributed by atoms with E-state index in [0.717, 1.165) is 0 Å². The summed E-state index contributed by atoms with van der Waals surface area (Å²) in [5.41, 5.74) is 5.31. The van der Waals surface area contributed by atoms with Crippen LogP contribution in [0.25, 0.3) is 0 Å². The molecule has 88 valence electrons. The molecule has 0 radical (unpaired) electrons. The van der Waals surface area contributed by atoms with Crippen LogP contribution in [0.15, 0.2) is 0 Å². The summed E-state index contributed by atoms with van der Waals surface area (Å²) in [6.07, 6.45) is -0.466. The van der Waals surface area contributed by atoms with Crippen LogP contribution in [0.4, 0.5) is 0 Å². The van der Waals surface area contributed by atoms with Crippen molar-refractivity contribution in [2.45, 2.75) is 39.8 Å². The lowest BCUT2D eigenvalue weighted by Gasteiger charge is -2.15. The van der Waals surface area contributed by atoms with Crippen LogP contribution in [-0.4, -0.2) is 30.7 Å². The lowest BCUT2D eigenvalue weighted by molar-refractivity contribution is -0.160. The van der Waals surface area contributed by atoms with Crippen LogP contribution in [0.3, 0.4) is 0 Å². The molecule has 5 nitrogen and oxygen atoms in total. The van der Waals surface area contributed by atoms with E-state index in [1.54, 1.807) is 20.8 Å². The Morgan fingerprint density at radius 2 is 1.67 bits per heavy atom. The molecular formula is C10H19NO4. The number of carbonyl (C=O) groups excluding carboxylic acids is 2. The predicted molar refractivity (Wildman–Crippen MR) is 55.0 cm³/mol. The molecule has 2 N–H and O–H groups in total. The molecule has 0 unspecified atom stereocenters. The molecule has 0 aliphatic carbocycles. The van der Waals surface area contributed by atoms with Gasteiger partial charge in [-0.15, -0.1) is 0 Å². The highest BCUT2D eigenvalue weighted by molar-refractivity contribution is 5.75. The lowest BCUT2D eigenvalue weighted by atomic mass is 10.2. The van der Waals surface area contributed by atoms with Gasteiger partial charge in [0.2, 0.25) is 0 Å². The van der Waals surface area contributed by atoms with E-state index < -0.39 is 18.1 Å². The SMILES string of the molecule is CC(C)C(=O)OC[C@H](C)OC(=O)[C@H](C)N. The maximum Gasteiger partial charge on any atom is 0.323 e. The van der Waals surface area contributed by atoms with Gasteiger partial charge in [0.15, 0.2) is 0 Å². The minimum atomic E-state index is -0.659.